The van der Waals surface area contributed by atoms with Gasteiger partial charge >= 0.3 is 0 Å². The van der Waals surface area contributed by atoms with Crippen molar-refractivity contribution in [2.24, 2.45) is 0 Å². The molecule has 0 atom stereocenters. The molecule has 3 aromatic rings. The van der Waals surface area contributed by atoms with E-state index in [1.165, 1.54) is 18.3 Å². The van der Waals surface area contributed by atoms with Crippen LogP contribution in [0.15, 0.2) is 40.3 Å². The SMILES string of the molecule is CC(=O)c1csc(NC(=O)CCc2ncc(-c3ccccc3Cl)o2)n1. The third-order valence-corrected chi connectivity index (χ3v) is 4.46. The van der Waals surface area contributed by atoms with E-state index in [1.54, 1.807) is 17.6 Å². The number of anilines is 1. The summed E-state index contributed by atoms with van der Waals surface area (Å²) in [5.41, 5.74) is 1.10. The van der Waals surface area contributed by atoms with E-state index in [4.69, 9.17) is 16.0 Å². The van der Waals surface area contributed by atoms with Gasteiger partial charge in [-0.15, -0.1) is 11.3 Å². The maximum absolute atomic E-state index is 12.0. The molecule has 0 spiro atoms. The van der Waals surface area contributed by atoms with E-state index in [1.807, 2.05) is 18.2 Å². The van der Waals surface area contributed by atoms with Crippen LogP contribution in [0, 0.1) is 0 Å². The van der Waals surface area contributed by atoms with Crippen LogP contribution in [0.4, 0.5) is 5.13 Å². The molecule has 0 saturated carbocycles. The molecule has 0 unspecified atom stereocenters. The number of thiazole rings is 1. The molecule has 128 valence electrons. The fraction of sp³-hybridized carbons (Fsp3) is 0.176. The summed E-state index contributed by atoms with van der Waals surface area (Å²) in [6.45, 7) is 1.43. The van der Waals surface area contributed by atoms with Gasteiger partial charge in [-0.1, -0.05) is 23.7 Å². The summed E-state index contributed by atoms with van der Waals surface area (Å²) in [5.74, 6) is 0.659. The zero-order valence-electron chi connectivity index (χ0n) is 13.3. The molecule has 0 saturated heterocycles. The van der Waals surface area contributed by atoms with Gasteiger partial charge in [-0.3, -0.25) is 9.59 Å². The normalized spacial score (nSPS) is 10.6. The Morgan fingerprint density at radius 2 is 2.12 bits per heavy atom. The molecule has 0 aliphatic rings. The molecule has 0 aliphatic carbocycles. The second kappa shape index (κ2) is 7.58. The average molecular weight is 376 g/mol. The van der Waals surface area contributed by atoms with Gasteiger partial charge in [0.15, 0.2) is 22.6 Å². The van der Waals surface area contributed by atoms with Crippen LogP contribution in [0.2, 0.25) is 5.02 Å². The lowest BCUT2D eigenvalue weighted by atomic mass is 10.2. The Kier molecular flexibility index (Phi) is 5.25. The summed E-state index contributed by atoms with van der Waals surface area (Å²) in [4.78, 5) is 31.4. The van der Waals surface area contributed by atoms with Crippen molar-refractivity contribution in [3.8, 4) is 11.3 Å². The molecular formula is C17H14ClN3O3S. The highest BCUT2D eigenvalue weighted by atomic mass is 35.5. The van der Waals surface area contributed by atoms with E-state index in [-0.39, 0.29) is 18.1 Å². The Morgan fingerprint density at radius 3 is 2.84 bits per heavy atom. The molecule has 0 fully saturated rings. The molecule has 8 heteroatoms. The molecule has 2 aromatic heterocycles. The number of nitrogens with one attached hydrogen (secondary N) is 1. The first-order valence-electron chi connectivity index (χ1n) is 7.49. The topological polar surface area (TPSA) is 85.1 Å². The van der Waals surface area contributed by atoms with Crippen LogP contribution in [-0.4, -0.2) is 21.7 Å². The highest BCUT2D eigenvalue weighted by Gasteiger charge is 2.12. The number of halogens is 1. The summed E-state index contributed by atoms with van der Waals surface area (Å²) in [5, 5.41) is 5.25. The molecule has 0 radical (unpaired) electrons. The van der Waals surface area contributed by atoms with Crippen molar-refractivity contribution in [2.75, 3.05) is 5.32 Å². The smallest absolute Gasteiger partial charge is 0.226 e. The summed E-state index contributed by atoms with van der Waals surface area (Å²) in [7, 11) is 0. The molecule has 1 N–H and O–H groups in total. The minimum Gasteiger partial charge on any atom is -0.441 e. The van der Waals surface area contributed by atoms with Crippen LogP contribution in [0.1, 0.15) is 29.7 Å². The largest absolute Gasteiger partial charge is 0.441 e. The van der Waals surface area contributed by atoms with Crippen molar-refractivity contribution in [3.63, 3.8) is 0 Å². The van der Waals surface area contributed by atoms with Crippen molar-refractivity contribution in [2.45, 2.75) is 19.8 Å². The Hall–Kier alpha value is -2.51. The monoisotopic (exact) mass is 375 g/mol. The Balaban J connectivity index is 1.57. The fourth-order valence-corrected chi connectivity index (χ4v) is 3.10. The number of nitrogens with zero attached hydrogens (tertiary/aromatic N) is 2. The molecule has 0 bridgehead atoms. The number of rotatable bonds is 6. The van der Waals surface area contributed by atoms with Gasteiger partial charge in [-0.2, -0.15) is 0 Å². The van der Waals surface area contributed by atoms with Crippen LogP contribution >= 0.6 is 22.9 Å². The maximum atomic E-state index is 12.0. The van der Waals surface area contributed by atoms with E-state index in [9.17, 15) is 9.59 Å². The van der Waals surface area contributed by atoms with E-state index in [2.05, 4.69) is 15.3 Å². The third kappa shape index (κ3) is 4.32. The molecule has 25 heavy (non-hydrogen) atoms. The lowest BCUT2D eigenvalue weighted by Crippen LogP contribution is -2.12. The summed E-state index contributed by atoms with van der Waals surface area (Å²) >= 11 is 7.34. The number of aromatic nitrogens is 2. The number of amides is 1. The molecule has 3 rings (SSSR count). The number of carbonyl (C=O) groups is 2. The first-order valence-corrected chi connectivity index (χ1v) is 8.74. The van der Waals surface area contributed by atoms with Gasteiger partial charge in [-0.05, 0) is 12.1 Å². The van der Waals surface area contributed by atoms with E-state index >= 15 is 0 Å². The van der Waals surface area contributed by atoms with Crippen LogP contribution < -0.4 is 5.32 Å². The van der Waals surface area contributed by atoms with Gasteiger partial charge < -0.3 is 9.73 Å². The first kappa shape index (κ1) is 17.3. The zero-order chi connectivity index (χ0) is 17.8. The Labute approximate surface area is 152 Å². The maximum Gasteiger partial charge on any atom is 0.226 e. The Bertz CT molecular complexity index is 919. The number of hydrogen-bond donors (Lipinski definition) is 1. The minimum atomic E-state index is -0.220. The number of hydrogen-bond acceptors (Lipinski definition) is 6. The van der Waals surface area contributed by atoms with Gasteiger partial charge in [0.05, 0.1) is 11.2 Å². The fourth-order valence-electron chi connectivity index (χ4n) is 2.11. The lowest BCUT2D eigenvalue weighted by molar-refractivity contribution is -0.116. The van der Waals surface area contributed by atoms with Crippen molar-refractivity contribution in [3.05, 3.63) is 52.4 Å². The van der Waals surface area contributed by atoms with Crippen LogP contribution in [-0.2, 0) is 11.2 Å². The summed E-state index contributed by atoms with van der Waals surface area (Å²) < 4.78 is 5.65. The van der Waals surface area contributed by atoms with E-state index in [0.717, 1.165) is 5.56 Å². The van der Waals surface area contributed by atoms with Gasteiger partial charge in [0.2, 0.25) is 5.91 Å². The molecule has 1 amide bonds. The second-order valence-electron chi connectivity index (χ2n) is 5.24. The van der Waals surface area contributed by atoms with Crippen molar-refractivity contribution < 1.29 is 14.0 Å². The standard InChI is InChI=1S/C17H14ClN3O3S/c1-10(22)13-9-25-17(20-13)21-15(23)6-7-16-19-8-14(24-16)11-4-2-3-5-12(11)18/h2-5,8-9H,6-7H2,1H3,(H,20,21,23). The number of oxazole rings is 1. The second-order valence-corrected chi connectivity index (χ2v) is 6.51. The summed E-state index contributed by atoms with van der Waals surface area (Å²) in [6, 6.07) is 7.31. The lowest BCUT2D eigenvalue weighted by Gasteiger charge is -2.00. The highest BCUT2D eigenvalue weighted by molar-refractivity contribution is 7.14. The van der Waals surface area contributed by atoms with Crippen molar-refractivity contribution in [1.29, 1.82) is 0 Å². The molecule has 6 nitrogen and oxygen atoms in total. The minimum absolute atomic E-state index is 0.136. The number of Topliss-reactive ketones (excluding diaryl/α,β-unsaturated/α-hetero) is 1. The quantitative estimate of drug-likeness (QED) is 0.652. The summed E-state index contributed by atoms with van der Waals surface area (Å²) in [6.07, 6.45) is 2.13. The van der Waals surface area contributed by atoms with E-state index < -0.39 is 0 Å². The number of aryl methyl sites for hydroxylation is 1. The number of ketones is 1. The van der Waals surface area contributed by atoms with Gasteiger partial charge in [-0.25, -0.2) is 9.97 Å². The molecule has 0 aliphatic heterocycles. The average Bonchev–Trinajstić information content (AvgIpc) is 3.23. The van der Waals surface area contributed by atoms with Gasteiger partial charge in [0.25, 0.3) is 0 Å². The van der Waals surface area contributed by atoms with Crippen LogP contribution in [0.25, 0.3) is 11.3 Å². The van der Waals surface area contributed by atoms with Crippen molar-refractivity contribution >= 4 is 39.8 Å². The predicted octanol–water partition coefficient (Wildman–Crippen LogP) is 4.23. The van der Waals surface area contributed by atoms with E-state index in [0.29, 0.717) is 33.9 Å². The third-order valence-electron chi connectivity index (χ3n) is 3.37. The van der Waals surface area contributed by atoms with Gasteiger partial charge in [0.1, 0.15) is 5.69 Å². The molecule has 1 aromatic carbocycles. The van der Waals surface area contributed by atoms with Crippen LogP contribution in [0.3, 0.4) is 0 Å². The zero-order valence-corrected chi connectivity index (χ0v) is 14.9. The molecular weight excluding hydrogens is 362 g/mol. The predicted molar refractivity (Wildman–Crippen MR) is 96.0 cm³/mol. The number of benzene rings is 1. The van der Waals surface area contributed by atoms with Crippen molar-refractivity contribution in [1.82, 2.24) is 9.97 Å². The first-order chi connectivity index (χ1) is 12.0. The number of carbonyl (C=O) groups excluding carboxylic acids is 2. The molecule has 2 heterocycles. The Morgan fingerprint density at radius 1 is 1.32 bits per heavy atom. The van der Waals surface area contributed by atoms with Crippen LogP contribution in [0.5, 0.6) is 0 Å². The van der Waals surface area contributed by atoms with Gasteiger partial charge in [0, 0.05) is 30.7 Å². The highest BCUT2D eigenvalue weighted by Crippen LogP contribution is 2.28.